The second kappa shape index (κ2) is 5.41. The molecule has 1 heterocycles. The van der Waals surface area contributed by atoms with Gasteiger partial charge in [0.15, 0.2) is 0 Å². The Morgan fingerprint density at radius 3 is 2.60 bits per heavy atom. The van der Waals surface area contributed by atoms with E-state index in [4.69, 9.17) is 9.47 Å². The first kappa shape index (κ1) is 14.2. The van der Waals surface area contributed by atoms with Gasteiger partial charge in [0.2, 0.25) is 12.0 Å². The van der Waals surface area contributed by atoms with Gasteiger partial charge in [-0.3, -0.25) is 20.2 Å². The lowest BCUT2D eigenvalue weighted by Crippen LogP contribution is -2.20. The number of nitrogens with zero attached hydrogens (tertiary/aromatic N) is 2. The Morgan fingerprint density at radius 2 is 2.05 bits per heavy atom. The lowest BCUT2D eigenvalue weighted by Gasteiger charge is -2.13. The number of non-ortho nitro benzene ring substituents is 1. The Bertz CT molecular complexity index is 557. The zero-order chi connectivity index (χ0) is 14.9. The van der Waals surface area contributed by atoms with Crippen LogP contribution in [0, 0.1) is 26.1 Å². The van der Waals surface area contributed by atoms with E-state index in [1.807, 2.05) is 13.8 Å². The van der Waals surface area contributed by atoms with Gasteiger partial charge in [0.1, 0.15) is 0 Å². The predicted octanol–water partition coefficient (Wildman–Crippen LogP) is 2.44. The van der Waals surface area contributed by atoms with Gasteiger partial charge in [0.25, 0.3) is 5.69 Å². The first-order valence-electron chi connectivity index (χ1n) is 6.12. The van der Waals surface area contributed by atoms with Crippen LogP contribution in [0.1, 0.15) is 19.4 Å². The normalized spacial score (nSPS) is 16.9. The number of nitro benzene ring substituents is 2. The number of hydrogen-bond donors (Lipinski definition) is 0. The number of nitro groups is 2. The smallest absolute Gasteiger partial charge is 0.318 e. The van der Waals surface area contributed by atoms with Crippen molar-refractivity contribution in [2.24, 2.45) is 5.92 Å². The van der Waals surface area contributed by atoms with Crippen LogP contribution in [0.4, 0.5) is 11.4 Å². The third-order valence-corrected chi connectivity index (χ3v) is 2.79. The van der Waals surface area contributed by atoms with Gasteiger partial charge in [-0.15, -0.1) is 0 Å². The molecule has 8 heteroatoms. The highest BCUT2D eigenvalue weighted by Gasteiger charge is 2.34. The highest BCUT2D eigenvalue weighted by Crippen LogP contribution is 2.41. The SMILES string of the molecule is CC(C)COC1Cc2cc([N+](=O)[O-])cc([N+](=O)[O-])c2O1. The molecule has 0 aromatic heterocycles. The van der Waals surface area contributed by atoms with E-state index in [1.54, 1.807) is 0 Å². The third-order valence-electron chi connectivity index (χ3n) is 2.79. The van der Waals surface area contributed by atoms with E-state index in [-0.39, 0.29) is 17.9 Å². The van der Waals surface area contributed by atoms with Crippen LogP contribution in [-0.4, -0.2) is 22.7 Å². The van der Waals surface area contributed by atoms with Gasteiger partial charge in [-0.05, 0) is 5.92 Å². The summed E-state index contributed by atoms with van der Waals surface area (Å²) in [5.74, 6) is 0.362. The van der Waals surface area contributed by atoms with Crippen molar-refractivity contribution < 1.29 is 19.3 Å². The Morgan fingerprint density at radius 1 is 1.35 bits per heavy atom. The molecule has 1 aromatic carbocycles. The Balaban J connectivity index is 2.28. The van der Waals surface area contributed by atoms with Gasteiger partial charge in [0, 0.05) is 18.1 Å². The van der Waals surface area contributed by atoms with Crippen molar-refractivity contribution in [3.63, 3.8) is 0 Å². The topological polar surface area (TPSA) is 105 Å². The molecule has 1 aromatic rings. The molecule has 1 atom stereocenters. The molecule has 20 heavy (non-hydrogen) atoms. The molecule has 0 saturated heterocycles. The molecule has 1 aliphatic rings. The van der Waals surface area contributed by atoms with Gasteiger partial charge in [-0.25, -0.2) is 0 Å². The number of benzene rings is 1. The molecule has 0 saturated carbocycles. The van der Waals surface area contributed by atoms with Crippen LogP contribution in [0.15, 0.2) is 12.1 Å². The Hall–Kier alpha value is -2.22. The molecular weight excluding hydrogens is 268 g/mol. The monoisotopic (exact) mass is 282 g/mol. The predicted molar refractivity (Wildman–Crippen MR) is 68.7 cm³/mol. The van der Waals surface area contributed by atoms with Crippen molar-refractivity contribution >= 4 is 11.4 Å². The van der Waals surface area contributed by atoms with Crippen molar-refractivity contribution in [3.8, 4) is 5.75 Å². The molecule has 0 aliphatic carbocycles. The molecular formula is C12H14N2O6. The minimum atomic E-state index is -0.684. The quantitative estimate of drug-likeness (QED) is 0.606. The molecule has 0 radical (unpaired) electrons. The van der Waals surface area contributed by atoms with Crippen LogP contribution in [0.25, 0.3) is 0 Å². The second-order valence-electron chi connectivity index (χ2n) is 4.95. The van der Waals surface area contributed by atoms with E-state index in [2.05, 4.69) is 0 Å². The highest BCUT2D eigenvalue weighted by molar-refractivity contribution is 5.60. The molecule has 0 spiro atoms. The minimum Gasteiger partial charge on any atom is -0.457 e. The highest BCUT2D eigenvalue weighted by atomic mass is 16.7. The first-order valence-corrected chi connectivity index (χ1v) is 6.12. The van der Waals surface area contributed by atoms with Crippen LogP contribution in [-0.2, 0) is 11.2 Å². The average molecular weight is 282 g/mol. The van der Waals surface area contributed by atoms with E-state index in [9.17, 15) is 20.2 Å². The second-order valence-corrected chi connectivity index (χ2v) is 4.95. The van der Waals surface area contributed by atoms with Crippen molar-refractivity contribution in [1.29, 1.82) is 0 Å². The zero-order valence-corrected chi connectivity index (χ0v) is 11.1. The van der Waals surface area contributed by atoms with E-state index in [0.717, 1.165) is 6.07 Å². The molecule has 0 bridgehead atoms. The fourth-order valence-electron chi connectivity index (χ4n) is 1.93. The summed E-state index contributed by atoms with van der Waals surface area (Å²) in [6.45, 7) is 4.39. The summed E-state index contributed by atoms with van der Waals surface area (Å²) in [4.78, 5) is 20.4. The van der Waals surface area contributed by atoms with Gasteiger partial charge in [0.05, 0.1) is 22.5 Å². The summed E-state index contributed by atoms with van der Waals surface area (Å²) >= 11 is 0. The molecule has 0 N–H and O–H groups in total. The fourth-order valence-corrected chi connectivity index (χ4v) is 1.93. The van der Waals surface area contributed by atoms with Crippen LogP contribution < -0.4 is 4.74 Å². The Labute approximate surface area is 114 Å². The maximum Gasteiger partial charge on any atom is 0.318 e. The van der Waals surface area contributed by atoms with Gasteiger partial charge >= 0.3 is 5.69 Å². The first-order chi connectivity index (χ1) is 9.38. The molecule has 8 nitrogen and oxygen atoms in total. The average Bonchev–Trinajstić information content (AvgIpc) is 2.77. The van der Waals surface area contributed by atoms with E-state index in [0.29, 0.717) is 18.1 Å². The number of rotatable bonds is 5. The molecule has 1 unspecified atom stereocenters. The third kappa shape index (κ3) is 2.85. The van der Waals surface area contributed by atoms with Crippen LogP contribution in [0.3, 0.4) is 0 Å². The lowest BCUT2D eigenvalue weighted by molar-refractivity contribution is -0.394. The molecule has 2 rings (SSSR count). The Kier molecular flexibility index (Phi) is 3.84. The summed E-state index contributed by atoms with van der Waals surface area (Å²) in [5.41, 5.74) is -0.284. The fraction of sp³-hybridized carbons (Fsp3) is 0.500. The van der Waals surface area contributed by atoms with Crippen LogP contribution in [0.5, 0.6) is 5.75 Å². The lowest BCUT2D eigenvalue weighted by atomic mass is 10.1. The molecule has 0 fully saturated rings. The van der Waals surface area contributed by atoms with Crippen molar-refractivity contribution in [1.82, 2.24) is 0 Å². The molecule has 1 aliphatic heterocycles. The van der Waals surface area contributed by atoms with Crippen LogP contribution >= 0.6 is 0 Å². The number of hydrogen-bond acceptors (Lipinski definition) is 6. The maximum absolute atomic E-state index is 11.0. The van der Waals surface area contributed by atoms with Gasteiger partial charge in [-0.2, -0.15) is 0 Å². The largest absolute Gasteiger partial charge is 0.457 e. The van der Waals surface area contributed by atoms with Crippen molar-refractivity contribution in [3.05, 3.63) is 37.9 Å². The maximum atomic E-state index is 11.0. The molecule has 0 amide bonds. The summed E-state index contributed by atoms with van der Waals surface area (Å²) in [6.07, 6.45) is -0.363. The standard InChI is InChI=1S/C12H14N2O6/c1-7(2)6-19-11-4-8-3-9(13(15)16)5-10(14(17)18)12(8)20-11/h3,5,7,11H,4,6H2,1-2H3. The zero-order valence-electron chi connectivity index (χ0n) is 11.1. The van der Waals surface area contributed by atoms with Gasteiger partial charge < -0.3 is 9.47 Å². The van der Waals surface area contributed by atoms with E-state index < -0.39 is 21.8 Å². The summed E-state index contributed by atoms with van der Waals surface area (Å²) in [5, 5.41) is 21.8. The van der Waals surface area contributed by atoms with Gasteiger partial charge in [-0.1, -0.05) is 13.8 Å². The molecule has 108 valence electrons. The van der Waals surface area contributed by atoms with E-state index in [1.165, 1.54) is 6.07 Å². The van der Waals surface area contributed by atoms with Crippen LogP contribution in [0.2, 0.25) is 0 Å². The summed E-state index contributed by atoms with van der Waals surface area (Å²) in [6, 6.07) is 2.20. The summed E-state index contributed by atoms with van der Waals surface area (Å²) < 4.78 is 10.9. The van der Waals surface area contributed by atoms with Crippen molar-refractivity contribution in [2.75, 3.05) is 6.61 Å². The number of ether oxygens (including phenoxy) is 2. The van der Waals surface area contributed by atoms with E-state index >= 15 is 0 Å². The minimum absolute atomic E-state index is 0.0642. The number of fused-ring (bicyclic) bond motifs is 1. The van der Waals surface area contributed by atoms with Crippen molar-refractivity contribution in [2.45, 2.75) is 26.6 Å². The summed E-state index contributed by atoms with van der Waals surface area (Å²) in [7, 11) is 0.